The van der Waals surface area contributed by atoms with Crippen molar-refractivity contribution >= 4 is 5.97 Å². The molecule has 22 heavy (non-hydrogen) atoms. The number of rotatable bonds is 4. The number of halogens is 3. The first-order valence-electron chi connectivity index (χ1n) is 7.47. The molecule has 0 spiro atoms. The summed E-state index contributed by atoms with van der Waals surface area (Å²) in [6.45, 7) is 3.32. The lowest BCUT2D eigenvalue weighted by molar-refractivity contribution is -0.143. The highest BCUT2D eigenvalue weighted by Crippen LogP contribution is 2.33. The number of benzene rings is 1. The van der Waals surface area contributed by atoms with Gasteiger partial charge in [-0.3, -0.25) is 9.69 Å². The fraction of sp³-hybridized carbons (Fsp3) is 0.562. The maximum Gasteiger partial charge on any atom is 0.416 e. The van der Waals surface area contributed by atoms with Crippen molar-refractivity contribution in [2.45, 2.75) is 38.4 Å². The van der Waals surface area contributed by atoms with Crippen LogP contribution in [0.15, 0.2) is 24.3 Å². The molecule has 3 nitrogen and oxygen atoms in total. The minimum atomic E-state index is -4.32. The van der Waals surface area contributed by atoms with Crippen LogP contribution in [-0.4, -0.2) is 29.1 Å². The van der Waals surface area contributed by atoms with E-state index in [4.69, 9.17) is 5.11 Å². The average Bonchev–Trinajstić information content (AvgIpc) is 2.48. The van der Waals surface area contributed by atoms with Crippen LogP contribution in [0, 0.1) is 5.92 Å². The number of nitrogens with zero attached hydrogens (tertiary/aromatic N) is 1. The number of carboxylic acids is 1. The van der Waals surface area contributed by atoms with Gasteiger partial charge in [-0.25, -0.2) is 0 Å². The number of piperidine rings is 1. The summed E-state index contributed by atoms with van der Waals surface area (Å²) in [4.78, 5) is 13.1. The van der Waals surface area contributed by atoms with Crippen LogP contribution in [0.1, 0.15) is 43.4 Å². The molecule has 1 saturated heterocycles. The molecule has 1 unspecified atom stereocenters. The number of hydrogen-bond donors (Lipinski definition) is 1. The Bertz CT molecular complexity index is 505. The van der Waals surface area contributed by atoms with E-state index < -0.39 is 17.7 Å². The zero-order valence-electron chi connectivity index (χ0n) is 12.4. The molecule has 1 aromatic carbocycles. The first-order chi connectivity index (χ1) is 10.3. The van der Waals surface area contributed by atoms with Crippen LogP contribution >= 0.6 is 0 Å². The van der Waals surface area contributed by atoms with E-state index in [1.165, 1.54) is 12.1 Å². The molecule has 1 N–H and O–H groups in total. The Labute approximate surface area is 127 Å². The summed E-state index contributed by atoms with van der Waals surface area (Å²) in [6, 6.07) is 5.32. The Kier molecular flexibility index (Phi) is 5.11. The predicted octanol–water partition coefficient (Wildman–Crippen LogP) is 3.95. The number of hydrogen-bond acceptors (Lipinski definition) is 2. The van der Waals surface area contributed by atoms with Crippen LogP contribution in [0.5, 0.6) is 0 Å². The Morgan fingerprint density at radius 1 is 1.27 bits per heavy atom. The second-order valence-corrected chi connectivity index (χ2v) is 5.69. The normalized spacial score (nSPS) is 19.1. The topological polar surface area (TPSA) is 40.5 Å². The molecular weight excluding hydrogens is 295 g/mol. The summed E-state index contributed by atoms with van der Waals surface area (Å²) in [5, 5.41) is 9.02. The van der Waals surface area contributed by atoms with Crippen molar-refractivity contribution in [3.8, 4) is 0 Å². The molecule has 1 fully saturated rings. The van der Waals surface area contributed by atoms with E-state index in [9.17, 15) is 18.0 Å². The maximum atomic E-state index is 12.6. The first kappa shape index (κ1) is 16.8. The van der Waals surface area contributed by atoms with Gasteiger partial charge >= 0.3 is 12.1 Å². The van der Waals surface area contributed by atoms with E-state index in [1.807, 2.05) is 6.92 Å². The molecule has 0 aromatic heterocycles. The van der Waals surface area contributed by atoms with Crippen LogP contribution in [0.4, 0.5) is 13.2 Å². The average molecular weight is 315 g/mol. The third-order valence-electron chi connectivity index (χ3n) is 4.33. The summed E-state index contributed by atoms with van der Waals surface area (Å²) >= 11 is 0. The van der Waals surface area contributed by atoms with Gasteiger partial charge in [-0.2, -0.15) is 13.2 Å². The molecule has 2 rings (SSSR count). The number of carboxylic acid groups (broad SMARTS) is 1. The SMILES string of the molecule is CCC(c1ccc(C(F)(F)F)cc1)N1CCC(C(=O)O)CC1. The second-order valence-electron chi connectivity index (χ2n) is 5.69. The van der Waals surface area contributed by atoms with E-state index in [0.29, 0.717) is 25.9 Å². The van der Waals surface area contributed by atoms with Crippen molar-refractivity contribution in [3.05, 3.63) is 35.4 Å². The molecule has 0 bridgehead atoms. The molecule has 1 aromatic rings. The van der Waals surface area contributed by atoms with E-state index in [1.54, 1.807) is 0 Å². The predicted molar refractivity (Wildman–Crippen MR) is 76.4 cm³/mol. The summed E-state index contributed by atoms with van der Waals surface area (Å²) in [6.07, 6.45) is -2.36. The van der Waals surface area contributed by atoms with Gasteiger partial charge in [0.25, 0.3) is 0 Å². The molecule has 122 valence electrons. The molecule has 1 aliphatic rings. The van der Waals surface area contributed by atoms with Gasteiger partial charge in [0, 0.05) is 6.04 Å². The summed E-state index contributed by atoms with van der Waals surface area (Å²) < 4.78 is 37.8. The lowest BCUT2D eigenvalue weighted by Crippen LogP contribution is -2.38. The van der Waals surface area contributed by atoms with Gasteiger partial charge in [-0.1, -0.05) is 19.1 Å². The van der Waals surface area contributed by atoms with E-state index in [-0.39, 0.29) is 12.0 Å². The molecule has 0 saturated carbocycles. The van der Waals surface area contributed by atoms with Gasteiger partial charge in [0.2, 0.25) is 0 Å². The fourth-order valence-corrected chi connectivity index (χ4v) is 3.06. The number of carbonyl (C=O) groups is 1. The number of alkyl halides is 3. The van der Waals surface area contributed by atoms with Gasteiger partial charge in [0.1, 0.15) is 0 Å². The third kappa shape index (κ3) is 3.80. The highest BCUT2D eigenvalue weighted by molar-refractivity contribution is 5.70. The lowest BCUT2D eigenvalue weighted by Gasteiger charge is -2.36. The number of aliphatic carboxylic acids is 1. The highest BCUT2D eigenvalue weighted by Gasteiger charge is 2.31. The standard InChI is InChI=1S/C16H20F3NO2/c1-2-14(20-9-7-12(8-10-20)15(21)22)11-3-5-13(6-4-11)16(17,18)19/h3-6,12,14H,2,7-10H2,1H3,(H,21,22). The zero-order valence-corrected chi connectivity index (χ0v) is 12.4. The zero-order chi connectivity index (χ0) is 16.3. The van der Waals surface area contributed by atoms with E-state index >= 15 is 0 Å². The largest absolute Gasteiger partial charge is 0.481 e. The van der Waals surface area contributed by atoms with Gasteiger partial charge in [-0.05, 0) is 50.0 Å². The quantitative estimate of drug-likeness (QED) is 0.914. The van der Waals surface area contributed by atoms with Crippen molar-refractivity contribution in [1.29, 1.82) is 0 Å². The molecule has 0 aliphatic carbocycles. The van der Waals surface area contributed by atoms with Crippen molar-refractivity contribution < 1.29 is 23.1 Å². The Balaban J connectivity index is 2.07. The van der Waals surface area contributed by atoms with E-state index in [0.717, 1.165) is 24.1 Å². The van der Waals surface area contributed by atoms with Crippen molar-refractivity contribution in [2.75, 3.05) is 13.1 Å². The molecule has 1 aliphatic heterocycles. The summed E-state index contributed by atoms with van der Waals surface area (Å²) in [5.41, 5.74) is 0.208. The van der Waals surface area contributed by atoms with Gasteiger partial charge < -0.3 is 5.11 Å². The second kappa shape index (κ2) is 6.69. The molecule has 0 amide bonds. The minimum absolute atomic E-state index is 0.0389. The monoisotopic (exact) mass is 315 g/mol. The Morgan fingerprint density at radius 2 is 1.82 bits per heavy atom. The van der Waals surface area contributed by atoms with Crippen molar-refractivity contribution in [3.63, 3.8) is 0 Å². The van der Waals surface area contributed by atoms with Crippen molar-refractivity contribution in [1.82, 2.24) is 4.90 Å². The summed E-state index contributed by atoms with van der Waals surface area (Å²) in [5.74, 6) is -1.07. The fourth-order valence-electron chi connectivity index (χ4n) is 3.06. The van der Waals surface area contributed by atoms with E-state index in [2.05, 4.69) is 4.90 Å². The van der Waals surface area contributed by atoms with Crippen LogP contribution in [0.3, 0.4) is 0 Å². The smallest absolute Gasteiger partial charge is 0.416 e. The van der Waals surface area contributed by atoms with Gasteiger partial charge in [0.05, 0.1) is 11.5 Å². The minimum Gasteiger partial charge on any atom is -0.481 e. The van der Waals surface area contributed by atoms with Crippen LogP contribution in [0.25, 0.3) is 0 Å². The maximum absolute atomic E-state index is 12.6. The molecular formula is C16H20F3NO2. The van der Waals surface area contributed by atoms with Gasteiger partial charge in [-0.15, -0.1) is 0 Å². The van der Waals surface area contributed by atoms with Crippen LogP contribution < -0.4 is 0 Å². The third-order valence-corrected chi connectivity index (χ3v) is 4.33. The Hall–Kier alpha value is -1.56. The highest BCUT2D eigenvalue weighted by atomic mass is 19.4. The molecule has 0 radical (unpaired) electrons. The molecule has 1 atom stereocenters. The molecule has 6 heteroatoms. The first-order valence-corrected chi connectivity index (χ1v) is 7.47. The van der Waals surface area contributed by atoms with Crippen molar-refractivity contribution in [2.24, 2.45) is 5.92 Å². The molecule has 1 heterocycles. The van der Waals surface area contributed by atoms with Gasteiger partial charge in [0.15, 0.2) is 0 Å². The van der Waals surface area contributed by atoms with Crippen LogP contribution in [-0.2, 0) is 11.0 Å². The summed E-state index contributed by atoms with van der Waals surface area (Å²) in [7, 11) is 0. The van der Waals surface area contributed by atoms with Crippen LogP contribution in [0.2, 0.25) is 0 Å². The number of likely N-dealkylation sites (tertiary alicyclic amines) is 1. The lowest BCUT2D eigenvalue weighted by atomic mass is 9.93. The Morgan fingerprint density at radius 3 is 2.23 bits per heavy atom.